The minimum atomic E-state index is -3.59. The molecule has 1 heterocycles. The molecule has 0 aliphatic carbocycles. The van der Waals surface area contributed by atoms with E-state index in [1.807, 2.05) is 5.38 Å². The third-order valence-corrected chi connectivity index (χ3v) is 5.18. The molecule has 0 spiro atoms. The van der Waals surface area contributed by atoms with E-state index in [0.29, 0.717) is 10.6 Å². The molecule has 0 fully saturated rings. The largest absolute Gasteiger partial charge is 0.384 e. The summed E-state index contributed by atoms with van der Waals surface area (Å²) >= 11 is 7.15. The van der Waals surface area contributed by atoms with Crippen LogP contribution in [0.15, 0.2) is 40.6 Å². The van der Waals surface area contributed by atoms with Gasteiger partial charge in [-0.1, -0.05) is 23.4 Å². The summed E-state index contributed by atoms with van der Waals surface area (Å²) < 4.78 is 26.8. The van der Waals surface area contributed by atoms with E-state index in [1.165, 1.54) is 35.6 Å². The van der Waals surface area contributed by atoms with Gasteiger partial charge in [-0.25, -0.2) is 13.1 Å². The number of thiophene rings is 1. The van der Waals surface area contributed by atoms with Crippen LogP contribution in [0.25, 0.3) is 0 Å². The highest BCUT2D eigenvalue weighted by Gasteiger charge is 2.14. The zero-order chi connectivity index (χ0) is 15.3. The van der Waals surface area contributed by atoms with Gasteiger partial charge >= 0.3 is 0 Å². The van der Waals surface area contributed by atoms with Gasteiger partial charge in [0.1, 0.15) is 6.61 Å². The second-order valence-corrected chi connectivity index (χ2v) is 7.20. The van der Waals surface area contributed by atoms with Crippen molar-refractivity contribution in [2.24, 2.45) is 0 Å². The summed E-state index contributed by atoms with van der Waals surface area (Å²) in [6, 6.07) is 7.75. The van der Waals surface area contributed by atoms with Crippen LogP contribution in [0.1, 0.15) is 10.4 Å². The molecular formula is C14H12ClNO3S2. The molecule has 1 aromatic heterocycles. The number of halogens is 1. The predicted molar refractivity (Wildman–Crippen MR) is 83.8 cm³/mol. The van der Waals surface area contributed by atoms with E-state index in [4.69, 9.17) is 16.7 Å². The number of benzene rings is 1. The number of aliphatic hydroxyl groups excluding tert-OH is 1. The molecule has 1 aromatic carbocycles. The molecule has 0 amide bonds. The lowest BCUT2D eigenvalue weighted by atomic mass is 10.2. The van der Waals surface area contributed by atoms with Crippen molar-refractivity contribution >= 4 is 33.0 Å². The first-order valence-corrected chi connectivity index (χ1v) is 8.68. The highest BCUT2D eigenvalue weighted by Crippen LogP contribution is 2.18. The second kappa shape index (κ2) is 7.07. The van der Waals surface area contributed by atoms with E-state index in [0.717, 1.165) is 4.88 Å². The predicted octanol–water partition coefficient (Wildman–Crippen LogP) is 2.22. The van der Waals surface area contributed by atoms with Crippen molar-refractivity contribution in [2.75, 3.05) is 6.61 Å². The van der Waals surface area contributed by atoms with Crippen LogP contribution in [-0.2, 0) is 16.6 Å². The van der Waals surface area contributed by atoms with Crippen LogP contribution in [0.2, 0.25) is 5.02 Å². The van der Waals surface area contributed by atoms with Gasteiger partial charge < -0.3 is 5.11 Å². The van der Waals surface area contributed by atoms with Gasteiger partial charge in [0.2, 0.25) is 10.0 Å². The van der Waals surface area contributed by atoms with Crippen molar-refractivity contribution in [3.8, 4) is 11.8 Å². The van der Waals surface area contributed by atoms with Crippen molar-refractivity contribution in [1.29, 1.82) is 0 Å². The standard InChI is InChI=1S/C14H12ClNO3S2/c15-12-3-5-13(6-4-12)21(18,19)16-10-14-11(2-1-8-17)7-9-20-14/h3-7,9,16-17H,8,10H2. The number of hydrogen-bond acceptors (Lipinski definition) is 4. The molecule has 0 saturated carbocycles. The van der Waals surface area contributed by atoms with Crippen LogP contribution in [-0.4, -0.2) is 20.1 Å². The smallest absolute Gasteiger partial charge is 0.240 e. The Bertz CT molecular complexity index is 771. The number of sulfonamides is 1. The molecule has 0 aliphatic heterocycles. The van der Waals surface area contributed by atoms with E-state index in [2.05, 4.69) is 16.6 Å². The normalized spacial score (nSPS) is 11.0. The average Bonchev–Trinajstić information content (AvgIpc) is 2.91. The van der Waals surface area contributed by atoms with E-state index in [9.17, 15) is 8.42 Å². The molecule has 4 nitrogen and oxygen atoms in total. The van der Waals surface area contributed by atoms with Crippen molar-refractivity contribution in [2.45, 2.75) is 11.4 Å². The van der Waals surface area contributed by atoms with Crippen LogP contribution in [0, 0.1) is 11.8 Å². The lowest BCUT2D eigenvalue weighted by Crippen LogP contribution is -2.23. The summed E-state index contributed by atoms with van der Waals surface area (Å²) in [4.78, 5) is 0.958. The quantitative estimate of drug-likeness (QED) is 0.838. The highest BCUT2D eigenvalue weighted by atomic mass is 35.5. The molecule has 7 heteroatoms. The molecule has 0 atom stereocenters. The maximum atomic E-state index is 12.1. The number of rotatable bonds is 4. The summed E-state index contributed by atoms with van der Waals surface area (Å²) in [5, 5.41) is 11.0. The molecule has 21 heavy (non-hydrogen) atoms. The number of nitrogens with one attached hydrogen (secondary N) is 1. The van der Waals surface area contributed by atoms with Crippen LogP contribution in [0.5, 0.6) is 0 Å². The summed E-state index contributed by atoms with van der Waals surface area (Å²) in [6.07, 6.45) is 0. The molecule has 0 unspecified atom stereocenters. The van der Waals surface area contributed by atoms with E-state index >= 15 is 0 Å². The summed E-state index contributed by atoms with van der Waals surface area (Å²) in [6.45, 7) is -0.0795. The van der Waals surface area contributed by atoms with Gasteiger partial charge in [-0.3, -0.25) is 0 Å². The fraction of sp³-hybridized carbons (Fsp3) is 0.143. The minimum Gasteiger partial charge on any atom is -0.384 e. The average molecular weight is 342 g/mol. The Labute approximate surface area is 132 Å². The Morgan fingerprint density at radius 2 is 1.95 bits per heavy atom. The first kappa shape index (κ1) is 16.0. The molecule has 0 aliphatic rings. The molecular weight excluding hydrogens is 330 g/mol. The first-order chi connectivity index (χ1) is 10.0. The molecule has 0 saturated heterocycles. The van der Waals surface area contributed by atoms with Gasteiger partial charge in [0.05, 0.1) is 4.90 Å². The van der Waals surface area contributed by atoms with E-state index < -0.39 is 10.0 Å². The fourth-order valence-corrected chi connectivity index (χ4v) is 3.56. The third-order valence-electron chi connectivity index (χ3n) is 2.59. The Morgan fingerprint density at radius 1 is 1.24 bits per heavy atom. The van der Waals surface area contributed by atoms with Crippen molar-refractivity contribution in [1.82, 2.24) is 4.72 Å². The minimum absolute atomic E-state index is 0.151. The van der Waals surface area contributed by atoms with Crippen molar-refractivity contribution < 1.29 is 13.5 Å². The molecule has 2 N–H and O–H groups in total. The zero-order valence-electron chi connectivity index (χ0n) is 10.8. The van der Waals surface area contributed by atoms with Crippen molar-refractivity contribution in [3.63, 3.8) is 0 Å². The van der Waals surface area contributed by atoms with Gasteiger partial charge in [0.25, 0.3) is 0 Å². The van der Waals surface area contributed by atoms with Gasteiger partial charge in [-0.2, -0.15) is 0 Å². The van der Waals surface area contributed by atoms with Crippen LogP contribution in [0.4, 0.5) is 0 Å². The van der Waals surface area contributed by atoms with Gasteiger partial charge in [0, 0.05) is 22.0 Å². The van der Waals surface area contributed by atoms with Gasteiger partial charge in [0.15, 0.2) is 0 Å². The Hall–Kier alpha value is -1.36. The number of aliphatic hydroxyl groups is 1. The first-order valence-electron chi connectivity index (χ1n) is 5.94. The Balaban J connectivity index is 2.12. The number of hydrogen-bond donors (Lipinski definition) is 2. The maximum Gasteiger partial charge on any atom is 0.240 e. The summed E-state index contributed by atoms with van der Waals surface area (Å²) in [5.74, 6) is 5.33. The summed E-state index contributed by atoms with van der Waals surface area (Å²) in [7, 11) is -3.59. The lowest BCUT2D eigenvalue weighted by molar-refractivity contribution is 0.350. The monoisotopic (exact) mass is 341 g/mol. The lowest BCUT2D eigenvalue weighted by Gasteiger charge is -2.06. The second-order valence-electron chi connectivity index (χ2n) is 4.00. The molecule has 0 bridgehead atoms. The SMILES string of the molecule is O=S(=O)(NCc1sccc1C#CCO)c1ccc(Cl)cc1. The fourth-order valence-electron chi connectivity index (χ4n) is 1.58. The van der Waals surface area contributed by atoms with Crippen LogP contribution >= 0.6 is 22.9 Å². The van der Waals surface area contributed by atoms with Crippen LogP contribution < -0.4 is 4.72 Å². The van der Waals surface area contributed by atoms with Gasteiger partial charge in [-0.05, 0) is 35.7 Å². The van der Waals surface area contributed by atoms with Crippen molar-refractivity contribution in [3.05, 3.63) is 51.2 Å². The molecule has 2 aromatic rings. The maximum absolute atomic E-state index is 12.1. The summed E-state index contributed by atoms with van der Waals surface area (Å²) in [5.41, 5.74) is 0.716. The highest BCUT2D eigenvalue weighted by molar-refractivity contribution is 7.89. The molecule has 110 valence electrons. The molecule has 2 rings (SSSR count). The Morgan fingerprint density at radius 3 is 2.62 bits per heavy atom. The van der Waals surface area contributed by atoms with E-state index in [-0.39, 0.29) is 18.0 Å². The van der Waals surface area contributed by atoms with E-state index in [1.54, 1.807) is 6.07 Å². The molecule has 0 radical (unpaired) electrons. The van der Waals surface area contributed by atoms with Crippen LogP contribution in [0.3, 0.4) is 0 Å². The third kappa shape index (κ3) is 4.30. The Kier molecular flexibility index (Phi) is 5.39. The van der Waals surface area contributed by atoms with Gasteiger partial charge in [-0.15, -0.1) is 11.3 Å². The topological polar surface area (TPSA) is 66.4 Å². The zero-order valence-corrected chi connectivity index (χ0v) is 13.2.